The fourth-order valence-corrected chi connectivity index (χ4v) is 3.32. The van der Waals surface area contributed by atoms with Crippen molar-refractivity contribution in [3.63, 3.8) is 0 Å². The van der Waals surface area contributed by atoms with E-state index < -0.39 is 0 Å². The molecule has 0 spiro atoms. The third-order valence-electron chi connectivity index (χ3n) is 4.77. The molecule has 3 heterocycles. The van der Waals surface area contributed by atoms with Gasteiger partial charge in [-0.3, -0.25) is 0 Å². The van der Waals surface area contributed by atoms with E-state index in [0.717, 1.165) is 45.0 Å². The van der Waals surface area contributed by atoms with Gasteiger partial charge in [-0.25, -0.2) is 15.0 Å². The Morgan fingerprint density at radius 2 is 1.83 bits per heavy atom. The first-order chi connectivity index (χ1) is 11.7. The number of nitrogens with one attached hydrogen (secondary N) is 1. The molecule has 1 saturated heterocycles. The number of rotatable bonds is 3. The van der Waals surface area contributed by atoms with Gasteiger partial charge in [-0.1, -0.05) is 18.2 Å². The van der Waals surface area contributed by atoms with E-state index in [0.29, 0.717) is 11.5 Å². The first-order valence-electron chi connectivity index (χ1n) is 8.38. The van der Waals surface area contributed by atoms with Gasteiger partial charge in [0.15, 0.2) is 11.6 Å². The van der Waals surface area contributed by atoms with Gasteiger partial charge in [-0.15, -0.1) is 0 Å². The van der Waals surface area contributed by atoms with Crippen molar-refractivity contribution < 1.29 is 0 Å². The van der Waals surface area contributed by atoms with Crippen molar-refractivity contribution in [3.05, 3.63) is 36.2 Å². The van der Waals surface area contributed by atoms with Crippen molar-refractivity contribution in [3.8, 4) is 0 Å². The first kappa shape index (κ1) is 15.2. The van der Waals surface area contributed by atoms with E-state index in [1.807, 2.05) is 0 Å². The van der Waals surface area contributed by atoms with E-state index in [2.05, 4.69) is 61.5 Å². The molecular formula is C17H23N7. The lowest BCUT2D eigenvalue weighted by atomic mass is 10.2. The van der Waals surface area contributed by atoms with Crippen LogP contribution in [-0.4, -0.2) is 59.6 Å². The Morgan fingerprint density at radius 1 is 1.04 bits per heavy atom. The summed E-state index contributed by atoms with van der Waals surface area (Å²) in [6.45, 7) is 4.85. The number of nitrogen functional groups attached to an aromatic ring is 1. The first-order valence-corrected chi connectivity index (χ1v) is 8.38. The normalized spacial score (nSPS) is 18.6. The van der Waals surface area contributed by atoms with E-state index in [9.17, 15) is 0 Å². The molecule has 1 fully saturated rings. The molecule has 0 aliphatic carbocycles. The van der Waals surface area contributed by atoms with E-state index in [1.54, 1.807) is 6.33 Å². The van der Waals surface area contributed by atoms with Crippen LogP contribution in [0.2, 0.25) is 0 Å². The molecule has 24 heavy (non-hydrogen) atoms. The molecule has 1 aromatic heterocycles. The molecule has 2 aliphatic heterocycles. The Hall–Kier alpha value is -2.38. The van der Waals surface area contributed by atoms with Crippen LogP contribution in [0, 0.1) is 0 Å². The van der Waals surface area contributed by atoms with Crippen molar-refractivity contribution in [1.82, 2.24) is 19.9 Å². The minimum absolute atomic E-state index is 0.605. The molecule has 126 valence electrons. The summed E-state index contributed by atoms with van der Waals surface area (Å²) in [7, 11) is 2.14. The SMILES string of the molecule is CN1CCN(Nc2ncnc(N3CCc4ccccc43)c2N)CC1. The average molecular weight is 325 g/mol. The number of benzene rings is 1. The summed E-state index contributed by atoms with van der Waals surface area (Å²) in [5, 5.41) is 2.17. The second-order valence-corrected chi connectivity index (χ2v) is 6.39. The number of aromatic nitrogens is 2. The molecule has 0 amide bonds. The average Bonchev–Trinajstić information content (AvgIpc) is 3.03. The Morgan fingerprint density at radius 3 is 2.67 bits per heavy atom. The van der Waals surface area contributed by atoms with Crippen LogP contribution < -0.4 is 16.1 Å². The maximum atomic E-state index is 6.40. The Balaban J connectivity index is 1.58. The number of likely N-dealkylation sites (N-methyl/N-ethyl adjacent to an activating group) is 1. The molecule has 0 unspecified atom stereocenters. The predicted octanol–water partition coefficient (Wildman–Crippen LogP) is 1.33. The molecule has 3 N–H and O–H groups in total. The van der Waals surface area contributed by atoms with Gasteiger partial charge < -0.3 is 21.0 Å². The predicted molar refractivity (Wildman–Crippen MR) is 96.3 cm³/mol. The zero-order valence-corrected chi connectivity index (χ0v) is 13.9. The second-order valence-electron chi connectivity index (χ2n) is 6.39. The summed E-state index contributed by atoms with van der Waals surface area (Å²) in [5.74, 6) is 1.47. The lowest BCUT2D eigenvalue weighted by molar-refractivity contribution is 0.178. The lowest BCUT2D eigenvalue weighted by Gasteiger charge is -2.33. The fraction of sp³-hybridized carbons (Fsp3) is 0.412. The number of anilines is 4. The number of fused-ring (bicyclic) bond motifs is 1. The molecule has 7 nitrogen and oxygen atoms in total. The smallest absolute Gasteiger partial charge is 0.169 e. The topological polar surface area (TPSA) is 73.5 Å². The van der Waals surface area contributed by atoms with E-state index in [4.69, 9.17) is 5.73 Å². The molecule has 2 aliphatic rings. The molecule has 2 aromatic rings. The highest BCUT2D eigenvalue weighted by atomic mass is 15.5. The summed E-state index contributed by atoms with van der Waals surface area (Å²) in [4.78, 5) is 13.3. The van der Waals surface area contributed by atoms with Gasteiger partial charge in [0.1, 0.15) is 12.0 Å². The van der Waals surface area contributed by atoms with Gasteiger partial charge in [0.2, 0.25) is 0 Å². The van der Waals surface area contributed by atoms with E-state index in [1.165, 1.54) is 11.3 Å². The number of hydrogen-bond donors (Lipinski definition) is 2. The zero-order valence-electron chi connectivity index (χ0n) is 13.9. The number of para-hydroxylation sites is 1. The molecule has 4 rings (SSSR count). The molecule has 0 radical (unpaired) electrons. The largest absolute Gasteiger partial charge is 0.393 e. The van der Waals surface area contributed by atoms with Gasteiger partial charge >= 0.3 is 0 Å². The van der Waals surface area contributed by atoms with Crippen molar-refractivity contribution in [2.45, 2.75) is 6.42 Å². The van der Waals surface area contributed by atoms with Crippen LogP contribution in [-0.2, 0) is 6.42 Å². The van der Waals surface area contributed by atoms with Crippen molar-refractivity contribution in [2.24, 2.45) is 0 Å². The highest BCUT2D eigenvalue weighted by molar-refractivity contribution is 5.81. The van der Waals surface area contributed by atoms with Gasteiger partial charge in [0.05, 0.1) is 0 Å². The van der Waals surface area contributed by atoms with E-state index >= 15 is 0 Å². The fourth-order valence-electron chi connectivity index (χ4n) is 3.32. The third kappa shape index (κ3) is 2.76. The number of nitrogens with zero attached hydrogens (tertiary/aromatic N) is 5. The number of hydrazine groups is 1. The summed E-state index contributed by atoms with van der Waals surface area (Å²) in [6, 6.07) is 8.41. The lowest BCUT2D eigenvalue weighted by Crippen LogP contribution is -2.47. The number of hydrogen-bond acceptors (Lipinski definition) is 7. The highest BCUT2D eigenvalue weighted by Gasteiger charge is 2.24. The van der Waals surface area contributed by atoms with Crippen LogP contribution in [0.15, 0.2) is 30.6 Å². The number of nitrogens with two attached hydrogens (primary N) is 1. The van der Waals surface area contributed by atoms with Gasteiger partial charge in [-0.05, 0) is 25.1 Å². The van der Waals surface area contributed by atoms with Crippen LogP contribution in [0.5, 0.6) is 0 Å². The highest BCUT2D eigenvalue weighted by Crippen LogP contribution is 2.37. The van der Waals surface area contributed by atoms with Gasteiger partial charge in [-0.2, -0.15) is 0 Å². The van der Waals surface area contributed by atoms with Gasteiger partial charge in [0.25, 0.3) is 0 Å². The standard InChI is InChI=1S/C17H23N7/c1-22-8-10-23(11-9-22)21-16-15(18)17(20-12-19-16)24-7-6-13-4-2-3-5-14(13)24/h2-5,12H,6-11,18H2,1H3,(H,19,20,21). The van der Waals surface area contributed by atoms with Crippen molar-refractivity contribution in [2.75, 3.05) is 55.8 Å². The maximum absolute atomic E-state index is 6.40. The minimum atomic E-state index is 0.605. The van der Waals surface area contributed by atoms with Crippen molar-refractivity contribution in [1.29, 1.82) is 0 Å². The van der Waals surface area contributed by atoms with Crippen LogP contribution in [0.1, 0.15) is 5.56 Å². The Labute approximate surface area is 142 Å². The van der Waals surface area contributed by atoms with Crippen LogP contribution in [0.3, 0.4) is 0 Å². The summed E-state index contributed by atoms with van der Waals surface area (Å²) < 4.78 is 0. The Bertz CT molecular complexity index is 725. The summed E-state index contributed by atoms with van der Waals surface area (Å²) in [6.07, 6.45) is 2.60. The third-order valence-corrected chi connectivity index (χ3v) is 4.77. The van der Waals surface area contributed by atoms with Gasteiger partial charge in [0, 0.05) is 38.4 Å². The molecule has 0 saturated carbocycles. The van der Waals surface area contributed by atoms with Crippen LogP contribution >= 0.6 is 0 Å². The molecular weight excluding hydrogens is 302 g/mol. The minimum Gasteiger partial charge on any atom is -0.393 e. The maximum Gasteiger partial charge on any atom is 0.169 e. The molecule has 0 atom stereocenters. The molecule has 1 aromatic carbocycles. The van der Waals surface area contributed by atoms with Crippen LogP contribution in [0.25, 0.3) is 0 Å². The van der Waals surface area contributed by atoms with Crippen LogP contribution in [0.4, 0.5) is 23.0 Å². The second kappa shape index (κ2) is 6.26. The molecule has 0 bridgehead atoms. The quantitative estimate of drug-likeness (QED) is 0.882. The Kier molecular flexibility index (Phi) is 3.95. The monoisotopic (exact) mass is 325 g/mol. The summed E-state index contributed by atoms with van der Waals surface area (Å²) >= 11 is 0. The number of piperazine rings is 1. The summed E-state index contributed by atoms with van der Waals surface area (Å²) in [5.41, 5.74) is 12.9. The van der Waals surface area contributed by atoms with Crippen molar-refractivity contribution >= 4 is 23.0 Å². The zero-order chi connectivity index (χ0) is 16.5. The van der Waals surface area contributed by atoms with E-state index in [-0.39, 0.29) is 0 Å². The molecule has 7 heteroatoms.